The molecule has 4 rings (SSSR count). The molecule has 1 N–H and O–H groups in total. The van der Waals surface area contributed by atoms with Gasteiger partial charge in [-0.25, -0.2) is 4.98 Å². The Morgan fingerprint density at radius 1 is 1.31 bits per heavy atom. The maximum atomic E-state index is 12.3. The van der Waals surface area contributed by atoms with Crippen LogP contribution in [-0.2, 0) is 4.79 Å². The van der Waals surface area contributed by atoms with Gasteiger partial charge in [-0.2, -0.15) is 0 Å². The second-order valence-corrected chi connectivity index (χ2v) is 7.22. The molecule has 1 saturated heterocycles. The molecule has 3 heterocycles. The molecule has 1 saturated carbocycles. The average molecular weight is 378 g/mol. The van der Waals surface area contributed by atoms with E-state index in [2.05, 4.69) is 20.5 Å². The van der Waals surface area contributed by atoms with Crippen molar-refractivity contribution in [2.45, 2.75) is 25.7 Å². The largest absolute Gasteiger partial charge is 0.480 e. The number of nitrogens with zero attached hydrogens (tertiary/aromatic N) is 4. The molecule has 26 heavy (non-hydrogen) atoms. The van der Waals surface area contributed by atoms with Crippen LogP contribution < -0.4 is 10.1 Å². The number of ether oxygens (including phenoxy) is 1. The topological polar surface area (TPSA) is 93.4 Å². The Bertz CT molecular complexity index is 810. The molecular formula is C17H20ClN5O3. The number of hydrogen-bond acceptors (Lipinski definition) is 7. The van der Waals surface area contributed by atoms with Crippen LogP contribution in [0.1, 0.15) is 25.7 Å². The molecule has 1 aliphatic heterocycles. The summed E-state index contributed by atoms with van der Waals surface area (Å²) in [6.07, 6.45) is 4.88. The summed E-state index contributed by atoms with van der Waals surface area (Å²) in [6.45, 7) is 1.80. The SMILES string of the molecule is COc1nc(Cl)ccc1-c1nnc(NCC(=O)N2CCC3(CC2)CC3)o1. The predicted octanol–water partition coefficient (Wildman–Crippen LogP) is 2.61. The number of pyridine rings is 1. The van der Waals surface area contributed by atoms with Gasteiger partial charge in [0, 0.05) is 13.1 Å². The van der Waals surface area contributed by atoms with Gasteiger partial charge >= 0.3 is 6.01 Å². The van der Waals surface area contributed by atoms with Crippen LogP contribution in [0, 0.1) is 5.41 Å². The second kappa shape index (κ2) is 6.75. The number of anilines is 1. The Morgan fingerprint density at radius 3 is 2.77 bits per heavy atom. The zero-order valence-corrected chi connectivity index (χ0v) is 15.3. The number of rotatable bonds is 5. The minimum atomic E-state index is 0.0472. The van der Waals surface area contributed by atoms with Crippen molar-refractivity contribution in [2.24, 2.45) is 5.41 Å². The van der Waals surface area contributed by atoms with E-state index in [0.29, 0.717) is 22.0 Å². The molecule has 8 nitrogen and oxygen atoms in total. The lowest BCUT2D eigenvalue weighted by Crippen LogP contribution is -2.41. The van der Waals surface area contributed by atoms with Crippen LogP contribution in [0.5, 0.6) is 5.88 Å². The first-order chi connectivity index (χ1) is 12.6. The monoisotopic (exact) mass is 377 g/mol. The highest BCUT2D eigenvalue weighted by molar-refractivity contribution is 6.29. The molecule has 0 unspecified atom stereocenters. The highest BCUT2D eigenvalue weighted by Crippen LogP contribution is 2.53. The smallest absolute Gasteiger partial charge is 0.316 e. The summed E-state index contributed by atoms with van der Waals surface area (Å²) in [4.78, 5) is 18.3. The third-order valence-electron chi connectivity index (χ3n) is 5.20. The standard InChI is InChI=1S/C17H20ClN5O3/c1-25-14-11(2-3-12(18)20-14)15-21-22-16(26-15)19-10-13(24)23-8-6-17(4-5-17)7-9-23/h2-3H,4-10H2,1H3,(H,19,22). The van der Waals surface area contributed by atoms with E-state index < -0.39 is 0 Å². The van der Waals surface area contributed by atoms with Crippen molar-refractivity contribution in [3.63, 3.8) is 0 Å². The minimum Gasteiger partial charge on any atom is -0.480 e. The summed E-state index contributed by atoms with van der Waals surface area (Å²) < 4.78 is 10.8. The van der Waals surface area contributed by atoms with E-state index in [9.17, 15) is 4.79 Å². The van der Waals surface area contributed by atoms with Gasteiger partial charge in [0.1, 0.15) is 10.7 Å². The summed E-state index contributed by atoms with van der Waals surface area (Å²) >= 11 is 5.86. The Kier molecular flexibility index (Phi) is 4.44. The minimum absolute atomic E-state index is 0.0472. The van der Waals surface area contributed by atoms with Crippen molar-refractivity contribution in [1.82, 2.24) is 20.1 Å². The van der Waals surface area contributed by atoms with Crippen LogP contribution in [0.25, 0.3) is 11.5 Å². The normalized spacial score (nSPS) is 18.0. The van der Waals surface area contributed by atoms with Gasteiger partial charge in [-0.3, -0.25) is 4.79 Å². The van der Waals surface area contributed by atoms with Crippen molar-refractivity contribution in [3.05, 3.63) is 17.3 Å². The predicted molar refractivity (Wildman–Crippen MR) is 95.1 cm³/mol. The summed E-state index contributed by atoms with van der Waals surface area (Å²) in [5, 5.41) is 11.1. The first kappa shape index (κ1) is 17.1. The first-order valence-electron chi connectivity index (χ1n) is 8.65. The van der Waals surface area contributed by atoms with Crippen LogP contribution in [0.4, 0.5) is 6.01 Å². The number of carbonyl (C=O) groups is 1. The van der Waals surface area contributed by atoms with Crippen LogP contribution >= 0.6 is 11.6 Å². The number of likely N-dealkylation sites (tertiary alicyclic amines) is 1. The zero-order chi connectivity index (χ0) is 18.1. The van der Waals surface area contributed by atoms with Gasteiger partial charge in [0.25, 0.3) is 5.89 Å². The molecule has 0 radical (unpaired) electrons. The molecule has 0 aromatic carbocycles. The van der Waals surface area contributed by atoms with Gasteiger partial charge in [-0.05, 0) is 43.2 Å². The van der Waals surface area contributed by atoms with Gasteiger partial charge < -0.3 is 19.4 Å². The molecule has 9 heteroatoms. The van der Waals surface area contributed by atoms with Crippen molar-refractivity contribution in [3.8, 4) is 17.3 Å². The lowest BCUT2D eigenvalue weighted by molar-refractivity contribution is -0.130. The van der Waals surface area contributed by atoms with E-state index in [0.717, 1.165) is 25.9 Å². The van der Waals surface area contributed by atoms with Crippen molar-refractivity contribution >= 4 is 23.5 Å². The molecule has 2 fully saturated rings. The number of hydrogen-bond donors (Lipinski definition) is 1. The number of methoxy groups -OCH3 is 1. The Labute approximate surface area is 155 Å². The fourth-order valence-corrected chi connectivity index (χ4v) is 3.45. The van der Waals surface area contributed by atoms with Crippen molar-refractivity contribution in [2.75, 3.05) is 32.1 Å². The number of halogens is 1. The molecule has 2 aromatic rings. The molecule has 1 amide bonds. The fourth-order valence-electron chi connectivity index (χ4n) is 3.31. The van der Waals surface area contributed by atoms with E-state index in [1.807, 2.05) is 4.90 Å². The molecule has 0 bridgehead atoms. The first-order valence-corrected chi connectivity index (χ1v) is 9.02. The Hall–Kier alpha value is -2.35. The van der Waals surface area contributed by atoms with E-state index in [-0.39, 0.29) is 24.4 Å². The van der Waals surface area contributed by atoms with Crippen molar-refractivity contribution in [1.29, 1.82) is 0 Å². The summed E-state index contributed by atoms with van der Waals surface area (Å²) in [5.41, 5.74) is 1.09. The van der Waals surface area contributed by atoms with Crippen LogP contribution in [0.15, 0.2) is 16.5 Å². The Morgan fingerprint density at radius 2 is 2.08 bits per heavy atom. The Balaban J connectivity index is 1.36. The number of piperidine rings is 1. The van der Waals surface area contributed by atoms with E-state index in [4.69, 9.17) is 20.8 Å². The van der Waals surface area contributed by atoms with E-state index in [1.54, 1.807) is 12.1 Å². The fraction of sp³-hybridized carbons (Fsp3) is 0.529. The van der Waals surface area contributed by atoms with E-state index >= 15 is 0 Å². The summed E-state index contributed by atoms with van der Waals surface area (Å²) in [7, 11) is 1.49. The van der Waals surface area contributed by atoms with E-state index in [1.165, 1.54) is 20.0 Å². The van der Waals surface area contributed by atoms with Gasteiger partial charge in [-0.1, -0.05) is 16.7 Å². The zero-order valence-electron chi connectivity index (χ0n) is 14.5. The van der Waals surface area contributed by atoms with Gasteiger partial charge in [0.05, 0.1) is 13.7 Å². The third-order valence-corrected chi connectivity index (χ3v) is 5.41. The molecule has 1 aliphatic carbocycles. The summed E-state index contributed by atoms with van der Waals surface area (Å²) in [6, 6.07) is 3.49. The second-order valence-electron chi connectivity index (χ2n) is 6.84. The summed E-state index contributed by atoms with van der Waals surface area (Å²) in [5.74, 6) is 0.590. The lowest BCUT2D eigenvalue weighted by atomic mass is 9.94. The average Bonchev–Trinajstić information content (AvgIpc) is 3.24. The third kappa shape index (κ3) is 3.46. The highest BCUT2D eigenvalue weighted by atomic mass is 35.5. The number of nitrogens with one attached hydrogen (secondary N) is 1. The molecule has 138 valence electrons. The lowest BCUT2D eigenvalue weighted by Gasteiger charge is -2.32. The van der Waals surface area contributed by atoms with Gasteiger partial charge in [0.15, 0.2) is 0 Å². The van der Waals surface area contributed by atoms with Crippen LogP contribution in [0.3, 0.4) is 0 Å². The number of amides is 1. The van der Waals surface area contributed by atoms with Crippen molar-refractivity contribution < 1.29 is 13.9 Å². The molecular weight excluding hydrogens is 358 g/mol. The maximum Gasteiger partial charge on any atom is 0.316 e. The number of aromatic nitrogens is 3. The molecule has 2 aliphatic rings. The quantitative estimate of drug-likeness (QED) is 0.800. The maximum absolute atomic E-state index is 12.3. The molecule has 1 spiro atoms. The van der Waals surface area contributed by atoms with Crippen LogP contribution in [-0.4, -0.2) is 52.7 Å². The highest BCUT2D eigenvalue weighted by Gasteiger charge is 2.44. The molecule has 2 aromatic heterocycles. The van der Waals surface area contributed by atoms with Crippen LogP contribution in [0.2, 0.25) is 5.15 Å². The molecule has 0 atom stereocenters. The van der Waals surface area contributed by atoms with Gasteiger partial charge in [-0.15, -0.1) is 5.10 Å². The van der Waals surface area contributed by atoms with Gasteiger partial charge in [0.2, 0.25) is 11.8 Å². The number of carbonyl (C=O) groups excluding carboxylic acids is 1.